The van der Waals surface area contributed by atoms with Crippen molar-refractivity contribution >= 4 is 34.6 Å². The summed E-state index contributed by atoms with van der Waals surface area (Å²) in [7, 11) is 0. The molecule has 1 aliphatic heterocycles. The van der Waals surface area contributed by atoms with Gasteiger partial charge in [-0.3, -0.25) is 15.0 Å². The first-order valence-corrected chi connectivity index (χ1v) is 6.97. The van der Waals surface area contributed by atoms with Crippen LogP contribution in [0.25, 0.3) is 11.0 Å². The molecule has 0 atom stereocenters. The van der Waals surface area contributed by atoms with E-state index in [0.717, 1.165) is 11.0 Å². The molecule has 1 N–H and O–H groups in total. The third kappa shape index (κ3) is 2.41. The zero-order chi connectivity index (χ0) is 13.2. The molecule has 0 saturated carbocycles. The van der Waals surface area contributed by atoms with Gasteiger partial charge in [0.1, 0.15) is 12.9 Å². The molecule has 0 unspecified atom stereocenters. The molecule has 1 saturated heterocycles. The molecule has 0 aliphatic carbocycles. The molecule has 98 valence electrons. The number of carbonyl (C=O) groups is 2. The lowest BCUT2D eigenvalue weighted by atomic mass is 10.3. The number of aromatic nitrogens is 2. The maximum atomic E-state index is 11.9. The van der Waals surface area contributed by atoms with Crippen LogP contribution in [-0.4, -0.2) is 44.5 Å². The Morgan fingerprint density at radius 2 is 2.26 bits per heavy atom. The fourth-order valence-electron chi connectivity index (χ4n) is 1.93. The van der Waals surface area contributed by atoms with E-state index in [2.05, 4.69) is 10.4 Å². The molecule has 2 heterocycles. The van der Waals surface area contributed by atoms with E-state index >= 15 is 0 Å². The van der Waals surface area contributed by atoms with Gasteiger partial charge in [0, 0.05) is 0 Å². The number of benzene rings is 1. The molecule has 1 aromatic carbocycles. The van der Waals surface area contributed by atoms with Crippen molar-refractivity contribution in [2.45, 2.75) is 0 Å². The lowest BCUT2D eigenvalue weighted by Crippen LogP contribution is -2.37. The third-order valence-corrected chi connectivity index (χ3v) is 3.80. The smallest absolute Gasteiger partial charge is 0.258 e. The molecule has 0 radical (unpaired) electrons. The van der Waals surface area contributed by atoms with Crippen LogP contribution in [0.4, 0.5) is 0 Å². The van der Waals surface area contributed by atoms with Gasteiger partial charge in [-0.2, -0.15) is 0 Å². The van der Waals surface area contributed by atoms with Gasteiger partial charge in [-0.1, -0.05) is 12.1 Å². The fourth-order valence-corrected chi connectivity index (χ4v) is 2.84. The number of nitrogens with zero attached hydrogens (tertiary/aromatic N) is 3. The summed E-state index contributed by atoms with van der Waals surface area (Å²) in [6.07, 6.45) is 1.56. The molecule has 0 spiro atoms. The van der Waals surface area contributed by atoms with Gasteiger partial charge in [0.2, 0.25) is 5.91 Å². The van der Waals surface area contributed by atoms with E-state index in [1.807, 2.05) is 24.3 Å². The molecule has 6 nitrogen and oxygen atoms in total. The summed E-state index contributed by atoms with van der Waals surface area (Å²) in [5.41, 5.74) is 4.37. The average Bonchev–Trinajstić information content (AvgIpc) is 2.98. The zero-order valence-electron chi connectivity index (χ0n) is 10.1. The van der Waals surface area contributed by atoms with E-state index in [-0.39, 0.29) is 18.4 Å². The number of carbonyl (C=O) groups excluding carboxylic acids is 2. The SMILES string of the molecule is O=C(CN1CSCC1=O)Nn1cnc2ccccc21. The van der Waals surface area contributed by atoms with Crippen LogP contribution in [0.15, 0.2) is 30.6 Å². The molecule has 3 rings (SSSR count). The summed E-state index contributed by atoms with van der Waals surface area (Å²) >= 11 is 1.52. The standard InChI is InChI=1S/C12H12N4O2S/c17-11(5-15-8-19-6-12(15)18)14-16-7-13-9-3-1-2-4-10(9)16/h1-4,7H,5-6,8H2,(H,14,17). The van der Waals surface area contributed by atoms with Gasteiger partial charge in [-0.05, 0) is 12.1 Å². The molecular formula is C12H12N4O2S. The summed E-state index contributed by atoms with van der Waals surface area (Å²) < 4.78 is 1.57. The maximum Gasteiger partial charge on any atom is 0.258 e. The van der Waals surface area contributed by atoms with Crippen LogP contribution in [0, 0.1) is 0 Å². The second-order valence-electron chi connectivity index (χ2n) is 4.21. The van der Waals surface area contributed by atoms with Crippen LogP contribution < -0.4 is 5.43 Å². The third-order valence-electron chi connectivity index (χ3n) is 2.86. The number of hydrogen-bond acceptors (Lipinski definition) is 4. The minimum atomic E-state index is -0.223. The molecule has 2 aromatic rings. The zero-order valence-corrected chi connectivity index (χ0v) is 10.9. The molecule has 19 heavy (non-hydrogen) atoms. The van der Waals surface area contributed by atoms with Gasteiger partial charge in [-0.15, -0.1) is 11.8 Å². The van der Waals surface area contributed by atoms with E-state index in [1.165, 1.54) is 11.8 Å². The molecule has 2 amide bonds. The van der Waals surface area contributed by atoms with Gasteiger partial charge in [0.15, 0.2) is 0 Å². The number of amides is 2. The van der Waals surface area contributed by atoms with Gasteiger partial charge in [0.25, 0.3) is 5.91 Å². The van der Waals surface area contributed by atoms with Gasteiger partial charge in [0.05, 0.1) is 22.7 Å². The fraction of sp³-hybridized carbons (Fsp3) is 0.250. The number of para-hydroxylation sites is 2. The van der Waals surface area contributed by atoms with Gasteiger partial charge < -0.3 is 4.90 Å². The summed E-state index contributed by atoms with van der Waals surface area (Å²) in [5, 5.41) is 0. The van der Waals surface area contributed by atoms with Crippen LogP contribution in [-0.2, 0) is 9.59 Å². The number of hydrogen-bond donors (Lipinski definition) is 1. The first kappa shape index (κ1) is 12.0. The van der Waals surface area contributed by atoms with E-state index in [1.54, 1.807) is 15.9 Å². The Bertz CT molecular complexity index is 639. The number of nitrogens with one attached hydrogen (secondary N) is 1. The van der Waals surface area contributed by atoms with Crippen molar-refractivity contribution in [1.82, 2.24) is 14.6 Å². The highest BCUT2D eigenvalue weighted by atomic mass is 32.2. The second-order valence-corrected chi connectivity index (χ2v) is 5.16. The Morgan fingerprint density at radius 3 is 3.05 bits per heavy atom. The predicted octanol–water partition coefficient (Wildman–Crippen LogP) is 0.639. The molecule has 7 heteroatoms. The summed E-state index contributed by atoms with van der Waals surface area (Å²) in [4.78, 5) is 29.0. The Morgan fingerprint density at radius 1 is 1.42 bits per heavy atom. The van der Waals surface area contributed by atoms with Crippen LogP contribution in [0.3, 0.4) is 0 Å². The lowest BCUT2D eigenvalue weighted by Gasteiger charge is -2.14. The van der Waals surface area contributed by atoms with E-state index in [4.69, 9.17) is 0 Å². The summed E-state index contributed by atoms with van der Waals surface area (Å²) in [6.45, 7) is 0.0817. The number of fused-ring (bicyclic) bond motifs is 1. The molecule has 0 bridgehead atoms. The van der Waals surface area contributed by atoms with E-state index in [0.29, 0.717) is 11.6 Å². The Kier molecular flexibility index (Phi) is 3.12. The first-order valence-electron chi connectivity index (χ1n) is 5.81. The average molecular weight is 276 g/mol. The molecule has 1 fully saturated rings. The van der Waals surface area contributed by atoms with Crippen molar-refractivity contribution < 1.29 is 9.59 Å². The minimum Gasteiger partial charge on any atom is -0.323 e. The largest absolute Gasteiger partial charge is 0.323 e. The number of imidazole rings is 1. The van der Waals surface area contributed by atoms with E-state index in [9.17, 15) is 9.59 Å². The Hall–Kier alpha value is -2.02. The van der Waals surface area contributed by atoms with Crippen molar-refractivity contribution in [2.75, 3.05) is 23.6 Å². The highest BCUT2D eigenvalue weighted by molar-refractivity contribution is 8.00. The van der Waals surface area contributed by atoms with Crippen LogP contribution in [0.1, 0.15) is 0 Å². The second kappa shape index (κ2) is 4.93. The summed E-state index contributed by atoms with van der Waals surface area (Å²) in [6, 6.07) is 7.52. The van der Waals surface area contributed by atoms with Gasteiger partial charge >= 0.3 is 0 Å². The van der Waals surface area contributed by atoms with Crippen molar-refractivity contribution in [2.24, 2.45) is 0 Å². The van der Waals surface area contributed by atoms with Crippen LogP contribution in [0.5, 0.6) is 0 Å². The van der Waals surface area contributed by atoms with Gasteiger partial charge in [-0.25, -0.2) is 9.66 Å². The number of thioether (sulfide) groups is 1. The predicted molar refractivity (Wildman–Crippen MR) is 73.1 cm³/mol. The monoisotopic (exact) mass is 276 g/mol. The van der Waals surface area contributed by atoms with Crippen molar-refractivity contribution in [1.29, 1.82) is 0 Å². The molecule has 1 aliphatic rings. The van der Waals surface area contributed by atoms with Crippen molar-refractivity contribution in [3.05, 3.63) is 30.6 Å². The minimum absolute atomic E-state index is 0.00985. The number of rotatable bonds is 3. The highest BCUT2D eigenvalue weighted by Crippen LogP contribution is 2.14. The van der Waals surface area contributed by atoms with Crippen LogP contribution in [0.2, 0.25) is 0 Å². The van der Waals surface area contributed by atoms with Crippen molar-refractivity contribution in [3.63, 3.8) is 0 Å². The highest BCUT2D eigenvalue weighted by Gasteiger charge is 2.23. The summed E-state index contributed by atoms with van der Waals surface area (Å²) in [5.74, 6) is 0.827. The van der Waals surface area contributed by atoms with Crippen molar-refractivity contribution in [3.8, 4) is 0 Å². The van der Waals surface area contributed by atoms with Crippen LogP contribution >= 0.6 is 11.8 Å². The molecule has 1 aromatic heterocycles. The molecular weight excluding hydrogens is 264 g/mol. The Balaban J connectivity index is 1.71. The maximum absolute atomic E-state index is 11.9. The normalized spacial score (nSPS) is 15.2. The first-order chi connectivity index (χ1) is 9.24. The lowest BCUT2D eigenvalue weighted by molar-refractivity contribution is -0.130. The Labute approximate surface area is 113 Å². The topological polar surface area (TPSA) is 67.2 Å². The van der Waals surface area contributed by atoms with E-state index < -0.39 is 0 Å². The quantitative estimate of drug-likeness (QED) is 0.893.